The number of hydrogen-bond acceptors (Lipinski definition) is 2. The molecule has 6 heteroatoms. The number of benzene rings is 1. The molecule has 0 unspecified atom stereocenters. The van der Waals surface area contributed by atoms with Crippen LogP contribution in [0.15, 0.2) is 29.3 Å². The third-order valence-electron chi connectivity index (χ3n) is 4.08. The van der Waals surface area contributed by atoms with E-state index < -0.39 is 0 Å². The van der Waals surface area contributed by atoms with Gasteiger partial charge < -0.3 is 10.6 Å². The molecule has 1 aromatic carbocycles. The fourth-order valence-corrected chi connectivity index (χ4v) is 3.89. The number of halogens is 2. The summed E-state index contributed by atoms with van der Waals surface area (Å²) in [6, 6.07) is 8.55. The van der Waals surface area contributed by atoms with Crippen molar-refractivity contribution in [3.05, 3.63) is 34.9 Å². The second kappa shape index (κ2) is 7.92. The molecule has 0 atom stereocenters. The van der Waals surface area contributed by atoms with Crippen LogP contribution in [0.2, 0.25) is 5.02 Å². The quantitative estimate of drug-likeness (QED) is 0.437. The molecule has 2 aliphatic rings. The molecule has 0 amide bonds. The first-order valence-corrected chi connectivity index (χ1v) is 8.67. The van der Waals surface area contributed by atoms with E-state index in [-0.39, 0.29) is 24.0 Å². The van der Waals surface area contributed by atoms with Gasteiger partial charge in [0.25, 0.3) is 0 Å². The molecular weight excluding hydrogens is 417 g/mol. The van der Waals surface area contributed by atoms with E-state index in [1.165, 1.54) is 5.56 Å². The first kappa shape index (κ1) is 17.2. The average Bonchev–Trinajstić information content (AvgIpc) is 2.43. The van der Waals surface area contributed by atoms with Crippen molar-refractivity contribution in [3.63, 3.8) is 0 Å². The molecule has 0 radical (unpaired) electrons. The van der Waals surface area contributed by atoms with Crippen molar-refractivity contribution in [1.82, 2.24) is 4.90 Å². The van der Waals surface area contributed by atoms with E-state index >= 15 is 0 Å². The molecule has 0 spiro atoms. The fourth-order valence-electron chi connectivity index (χ4n) is 2.79. The van der Waals surface area contributed by atoms with Crippen molar-refractivity contribution in [2.45, 2.75) is 24.8 Å². The molecule has 1 aliphatic heterocycles. The molecule has 1 saturated heterocycles. The SMILES string of the molecule is I.NC(=NC1CC(c2cccc(Cl)c2)C1)N1CCSCC1. The van der Waals surface area contributed by atoms with Gasteiger partial charge in [-0.05, 0) is 36.5 Å². The van der Waals surface area contributed by atoms with E-state index in [0.29, 0.717) is 12.0 Å². The fraction of sp³-hybridized carbons (Fsp3) is 0.533. The number of aliphatic imine (C=N–C) groups is 1. The van der Waals surface area contributed by atoms with Crippen molar-refractivity contribution in [2.75, 3.05) is 24.6 Å². The Kier molecular flexibility index (Phi) is 6.50. The van der Waals surface area contributed by atoms with Crippen molar-refractivity contribution >= 4 is 53.3 Å². The summed E-state index contributed by atoms with van der Waals surface area (Å²) in [5.41, 5.74) is 7.44. The van der Waals surface area contributed by atoms with Crippen LogP contribution in [0, 0.1) is 0 Å². The summed E-state index contributed by atoms with van der Waals surface area (Å²) >= 11 is 8.03. The highest BCUT2D eigenvalue weighted by molar-refractivity contribution is 14.0. The minimum Gasteiger partial charge on any atom is -0.370 e. The van der Waals surface area contributed by atoms with Gasteiger partial charge in [-0.25, -0.2) is 4.99 Å². The smallest absolute Gasteiger partial charge is 0.191 e. The Labute approximate surface area is 152 Å². The summed E-state index contributed by atoms with van der Waals surface area (Å²) < 4.78 is 0. The Morgan fingerprint density at radius 3 is 2.67 bits per heavy atom. The highest BCUT2D eigenvalue weighted by Gasteiger charge is 2.30. The zero-order valence-electron chi connectivity index (χ0n) is 11.9. The van der Waals surface area contributed by atoms with Gasteiger partial charge >= 0.3 is 0 Å². The van der Waals surface area contributed by atoms with Gasteiger partial charge in [0.15, 0.2) is 5.96 Å². The van der Waals surface area contributed by atoms with E-state index in [1.54, 1.807) is 0 Å². The molecule has 1 aliphatic carbocycles. The monoisotopic (exact) mass is 437 g/mol. The van der Waals surface area contributed by atoms with Crippen molar-refractivity contribution in [2.24, 2.45) is 10.7 Å². The third kappa shape index (κ3) is 4.42. The second-order valence-corrected chi connectivity index (χ2v) is 7.13. The van der Waals surface area contributed by atoms with Crippen LogP contribution in [0.1, 0.15) is 24.3 Å². The Morgan fingerprint density at radius 2 is 2.00 bits per heavy atom. The normalized spacial score (nSPS) is 26.0. The molecule has 2 N–H and O–H groups in total. The number of nitrogens with two attached hydrogens (primary N) is 1. The standard InChI is InChI=1S/C15H20ClN3S.HI/c16-13-3-1-2-11(8-13)12-9-14(10-12)18-15(17)19-4-6-20-7-5-19;/h1-3,8,12,14H,4-7,9-10H2,(H2,17,18);1H. The van der Waals surface area contributed by atoms with Crippen LogP contribution in [-0.4, -0.2) is 41.5 Å². The zero-order chi connectivity index (χ0) is 13.9. The second-order valence-electron chi connectivity index (χ2n) is 5.46. The molecule has 0 aromatic heterocycles. The van der Waals surface area contributed by atoms with Crippen molar-refractivity contribution in [3.8, 4) is 0 Å². The predicted octanol–water partition coefficient (Wildman–Crippen LogP) is 3.57. The lowest BCUT2D eigenvalue weighted by atomic mass is 9.76. The lowest BCUT2D eigenvalue weighted by Gasteiger charge is -2.35. The van der Waals surface area contributed by atoms with E-state index in [0.717, 1.165) is 48.4 Å². The molecule has 3 nitrogen and oxygen atoms in total. The maximum absolute atomic E-state index is 6.11. The van der Waals surface area contributed by atoms with E-state index in [1.807, 2.05) is 23.9 Å². The Balaban J connectivity index is 0.00000161. The Hall–Kier alpha value is -0.140. The molecular formula is C15H21ClIN3S. The van der Waals surface area contributed by atoms with Crippen LogP contribution in [0.25, 0.3) is 0 Å². The Bertz CT molecular complexity index is 499. The number of nitrogens with zero attached hydrogens (tertiary/aromatic N) is 2. The van der Waals surface area contributed by atoms with Crippen LogP contribution in [-0.2, 0) is 0 Å². The van der Waals surface area contributed by atoms with Crippen LogP contribution >= 0.6 is 47.3 Å². The van der Waals surface area contributed by atoms with E-state index in [4.69, 9.17) is 17.3 Å². The molecule has 2 fully saturated rings. The van der Waals surface area contributed by atoms with Crippen molar-refractivity contribution < 1.29 is 0 Å². The largest absolute Gasteiger partial charge is 0.370 e. The topological polar surface area (TPSA) is 41.6 Å². The van der Waals surface area contributed by atoms with E-state index in [2.05, 4.69) is 22.0 Å². The van der Waals surface area contributed by atoms with E-state index in [9.17, 15) is 0 Å². The first-order chi connectivity index (χ1) is 9.72. The number of thioether (sulfide) groups is 1. The summed E-state index contributed by atoms with van der Waals surface area (Å²) in [6.45, 7) is 2.06. The summed E-state index contributed by atoms with van der Waals surface area (Å²) in [5, 5.41) is 0.819. The van der Waals surface area contributed by atoms with Gasteiger partial charge in [0, 0.05) is 29.6 Å². The Morgan fingerprint density at radius 1 is 1.29 bits per heavy atom. The summed E-state index contributed by atoms with van der Waals surface area (Å²) in [4.78, 5) is 6.89. The molecule has 3 rings (SSSR count). The van der Waals surface area contributed by atoms with Crippen molar-refractivity contribution in [1.29, 1.82) is 0 Å². The van der Waals surface area contributed by atoms with Gasteiger partial charge in [-0.15, -0.1) is 24.0 Å². The van der Waals surface area contributed by atoms with Gasteiger partial charge in [0.2, 0.25) is 0 Å². The van der Waals surface area contributed by atoms with Gasteiger partial charge in [0.1, 0.15) is 0 Å². The van der Waals surface area contributed by atoms with Crippen LogP contribution in [0.4, 0.5) is 0 Å². The minimum atomic E-state index is 0. The lowest BCUT2D eigenvalue weighted by Crippen LogP contribution is -2.44. The molecule has 1 heterocycles. The summed E-state index contributed by atoms with van der Waals surface area (Å²) in [6.07, 6.45) is 2.17. The third-order valence-corrected chi connectivity index (χ3v) is 5.26. The van der Waals surface area contributed by atoms with Crippen LogP contribution < -0.4 is 5.73 Å². The minimum absolute atomic E-state index is 0. The van der Waals surface area contributed by atoms with Gasteiger partial charge in [-0.1, -0.05) is 23.7 Å². The summed E-state index contributed by atoms with van der Waals surface area (Å²) in [7, 11) is 0. The van der Waals surface area contributed by atoms with Gasteiger partial charge in [-0.3, -0.25) is 0 Å². The molecule has 1 saturated carbocycles. The van der Waals surface area contributed by atoms with Crippen LogP contribution in [0.5, 0.6) is 0 Å². The molecule has 0 bridgehead atoms. The highest BCUT2D eigenvalue weighted by atomic mass is 127. The molecule has 21 heavy (non-hydrogen) atoms. The molecule has 116 valence electrons. The maximum Gasteiger partial charge on any atom is 0.191 e. The lowest BCUT2D eigenvalue weighted by molar-refractivity contribution is 0.345. The maximum atomic E-state index is 6.11. The highest BCUT2D eigenvalue weighted by Crippen LogP contribution is 2.39. The number of guanidine groups is 1. The summed E-state index contributed by atoms with van der Waals surface area (Å²) in [5.74, 6) is 3.64. The predicted molar refractivity (Wildman–Crippen MR) is 103 cm³/mol. The number of rotatable bonds is 2. The van der Waals surface area contributed by atoms with Gasteiger partial charge in [-0.2, -0.15) is 11.8 Å². The van der Waals surface area contributed by atoms with Crippen LogP contribution in [0.3, 0.4) is 0 Å². The average molecular weight is 438 g/mol. The first-order valence-electron chi connectivity index (χ1n) is 7.14. The number of hydrogen-bond donors (Lipinski definition) is 1. The molecule has 1 aromatic rings. The zero-order valence-corrected chi connectivity index (χ0v) is 15.8. The van der Waals surface area contributed by atoms with Gasteiger partial charge in [0.05, 0.1) is 6.04 Å².